The first kappa shape index (κ1) is 19.6. The van der Waals surface area contributed by atoms with E-state index < -0.39 is 22.0 Å². The van der Waals surface area contributed by atoms with Gasteiger partial charge in [-0.15, -0.1) is 0 Å². The number of benzene rings is 2. The number of nitrogens with one attached hydrogen (secondary N) is 1. The molecule has 1 aliphatic rings. The molecule has 27 heavy (non-hydrogen) atoms. The molecule has 1 atom stereocenters. The van der Waals surface area contributed by atoms with Crippen molar-refractivity contribution in [3.05, 3.63) is 46.4 Å². The Morgan fingerprint density at radius 3 is 2.63 bits per heavy atom. The van der Waals surface area contributed by atoms with E-state index in [-0.39, 0.29) is 12.3 Å². The van der Waals surface area contributed by atoms with Gasteiger partial charge in [-0.2, -0.15) is 0 Å². The summed E-state index contributed by atoms with van der Waals surface area (Å²) in [4.78, 5) is 12.6. The lowest BCUT2D eigenvalue weighted by Gasteiger charge is -2.34. The van der Waals surface area contributed by atoms with Gasteiger partial charge in [-0.05, 0) is 36.4 Å². The van der Waals surface area contributed by atoms with Crippen LogP contribution >= 0.6 is 23.2 Å². The van der Waals surface area contributed by atoms with Crippen molar-refractivity contribution in [2.75, 3.05) is 29.5 Å². The standard InChI is InChI=1S/C17H16Cl2N2O5S/c1-25-14-6-4-11(8-12(14)19)20-17(22)16-9-21(27(2,23)24)13-7-10(18)3-5-15(13)26-16/h3-8,16H,9H2,1-2H3,(H,20,22)/t16-/m0/s1. The largest absolute Gasteiger partial charge is 0.495 e. The zero-order chi connectivity index (χ0) is 19.8. The van der Waals surface area contributed by atoms with Gasteiger partial charge in [-0.25, -0.2) is 8.42 Å². The Kier molecular flexibility index (Phi) is 5.41. The second-order valence-electron chi connectivity index (χ2n) is 5.85. The van der Waals surface area contributed by atoms with Crippen molar-refractivity contribution in [3.8, 4) is 11.5 Å². The Hall–Kier alpha value is -2.16. The molecule has 0 radical (unpaired) electrons. The van der Waals surface area contributed by atoms with Crippen LogP contribution in [0.1, 0.15) is 0 Å². The van der Waals surface area contributed by atoms with Crippen LogP contribution in [-0.2, 0) is 14.8 Å². The molecule has 0 aromatic heterocycles. The average molecular weight is 431 g/mol. The summed E-state index contributed by atoms with van der Waals surface area (Å²) in [5.74, 6) is 0.215. The van der Waals surface area contributed by atoms with E-state index in [0.29, 0.717) is 27.2 Å². The van der Waals surface area contributed by atoms with Crippen LogP contribution in [0.4, 0.5) is 11.4 Å². The smallest absolute Gasteiger partial charge is 0.267 e. The molecular formula is C17H16Cl2N2O5S. The van der Waals surface area contributed by atoms with Crippen LogP contribution in [0.2, 0.25) is 10.0 Å². The Balaban J connectivity index is 1.86. The molecule has 0 fully saturated rings. The number of amides is 1. The molecule has 0 bridgehead atoms. The molecule has 1 N–H and O–H groups in total. The van der Waals surface area contributed by atoms with Gasteiger partial charge in [0.15, 0.2) is 6.10 Å². The van der Waals surface area contributed by atoms with Crippen molar-refractivity contribution in [2.24, 2.45) is 0 Å². The quantitative estimate of drug-likeness (QED) is 0.804. The van der Waals surface area contributed by atoms with Crippen molar-refractivity contribution >= 4 is 50.5 Å². The van der Waals surface area contributed by atoms with Crippen LogP contribution in [0.5, 0.6) is 11.5 Å². The van der Waals surface area contributed by atoms with Gasteiger partial charge >= 0.3 is 0 Å². The van der Waals surface area contributed by atoms with E-state index in [4.69, 9.17) is 32.7 Å². The van der Waals surface area contributed by atoms with Crippen molar-refractivity contribution in [2.45, 2.75) is 6.10 Å². The van der Waals surface area contributed by atoms with Gasteiger partial charge in [0.05, 0.1) is 30.6 Å². The van der Waals surface area contributed by atoms with Crippen molar-refractivity contribution in [1.82, 2.24) is 0 Å². The Morgan fingerprint density at radius 2 is 2.00 bits per heavy atom. The van der Waals surface area contributed by atoms with E-state index in [9.17, 15) is 13.2 Å². The monoisotopic (exact) mass is 430 g/mol. The molecular weight excluding hydrogens is 415 g/mol. The molecule has 10 heteroatoms. The number of hydrogen-bond donors (Lipinski definition) is 1. The summed E-state index contributed by atoms with van der Waals surface area (Å²) in [5, 5.41) is 3.36. The minimum absolute atomic E-state index is 0.179. The molecule has 1 aliphatic heterocycles. The molecule has 1 amide bonds. The third kappa shape index (κ3) is 4.23. The SMILES string of the molecule is COc1ccc(NC(=O)[C@@H]2CN(S(C)(=O)=O)c3cc(Cl)ccc3O2)cc1Cl. The fourth-order valence-electron chi connectivity index (χ4n) is 2.64. The number of sulfonamides is 1. The number of carbonyl (C=O) groups excluding carboxylic acids is 1. The fourth-order valence-corrected chi connectivity index (χ4v) is 3.97. The summed E-state index contributed by atoms with van der Waals surface area (Å²) in [6, 6.07) is 9.33. The number of fused-ring (bicyclic) bond motifs is 1. The summed E-state index contributed by atoms with van der Waals surface area (Å²) in [7, 11) is -2.15. The number of carbonyl (C=O) groups is 1. The van der Waals surface area contributed by atoms with Crippen LogP contribution < -0.4 is 19.1 Å². The lowest BCUT2D eigenvalue weighted by atomic mass is 10.2. The van der Waals surface area contributed by atoms with Gasteiger partial charge in [0.2, 0.25) is 10.0 Å². The number of ether oxygens (including phenoxy) is 2. The molecule has 1 heterocycles. The lowest BCUT2D eigenvalue weighted by Crippen LogP contribution is -2.48. The number of anilines is 2. The molecule has 0 saturated carbocycles. The number of hydrogen-bond acceptors (Lipinski definition) is 5. The van der Waals surface area contributed by atoms with Crippen molar-refractivity contribution in [3.63, 3.8) is 0 Å². The lowest BCUT2D eigenvalue weighted by molar-refractivity contribution is -0.122. The van der Waals surface area contributed by atoms with Crippen LogP contribution in [0.25, 0.3) is 0 Å². The predicted molar refractivity (Wildman–Crippen MR) is 105 cm³/mol. The molecule has 0 saturated heterocycles. The van der Waals surface area contributed by atoms with E-state index in [2.05, 4.69) is 5.32 Å². The maximum atomic E-state index is 12.6. The summed E-state index contributed by atoms with van der Waals surface area (Å²) in [5.41, 5.74) is 0.726. The highest BCUT2D eigenvalue weighted by Crippen LogP contribution is 2.37. The second-order valence-corrected chi connectivity index (χ2v) is 8.60. The molecule has 0 aliphatic carbocycles. The van der Waals surface area contributed by atoms with Crippen LogP contribution in [-0.4, -0.2) is 40.3 Å². The van der Waals surface area contributed by atoms with Crippen LogP contribution in [0.15, 0.2) is 36.4 Å². The topological polar surface area (TPSA) is 84.9 Å². The first-order chi connectivity index (χ1) is 12.7. The van der Waals surface area contributed by atoms with Gasteiger partial charge in [-0.3, -0.25) is 9.10 Å². The van der Waals surface area contributed by atoms with E-state index >= 15 is 0 Å². The van der Waals surface area contributed by atoms with Crippen molar-refractivity contribution < 1.29 is 22.7 Å². The van der Waals surface area contributed by atoms with E-state index in [1.165, 1.54) is 25.3 Å². The molecule has 0 spiro atoms. The highest BCUT2D eigenvalue weighted by atomic mass is 35.5. The number of halogens is 2. The third-order valence-corrected chi connectivity index (χ3v) is 5.58. The number of nitrogens with zero attached hydrogens (tertiary/aromatic N) is 1. The number of rotatable bonds is 4. The van der Waals surface area contributed by atoms with E-state index in [0.717, 1.165) is 10.6 Å². The third-order valence-electron chi connectivity index (χ3n) is 3.90. The summed E-state index contributed by atoms with van der Waals surface area (Å²) in [6.07, 6.45) is 0.00980. The normalized spacial score (nSPS) is 16.3. The van der Waals surface area contributed by atoms with Gasteiger partial charge in [0.25, 0.3) is 5.91 Å². The number of methoxy groups -OCH3 is 1. The van der Waals surface area contributed by atoms with Crippen LogP contribution in [0, 0.1) is 0 Å². The van der Waals surface area contributed by atoms with Gasteiger partial charge in [0.1, 0.15) is 11.5 Å². The van der Waals surface area contributed by atoms with Crippen LogP contribution in [0.3, 0.4) is 0 Å². The summed E-state index contributed by atoms with van der Waals surface area (Å²) in [6.45, 7) is -0.179. The van der Waals surface area contributed by atoms with E-state index in [1.54, 1.807) is 18.2 Å². The molecule has 0 unspecified atom stereocenters. The maximum absolute atomic E-state index is 12.6. The van der Waals surface area contributed by atoms with E-state index in [1.807, 2.05) is 0 Å². The molecule has 2 aromatic rings. The first-order valence-corrected chi connectivity index (χ1v) is 10.4. The summed E-state index contributed by atoms with van der Waals surface area (Å²) < 4.78 is 36.2. The minimum atomic E-state index is -3.63. The Morgan fingerprint density at radius 1 is 1.26 bits per heavy atom. The highest BCUT2D eigenvalue weighted by Gasteiger charge is 2.35. The molecule has 2 aromatic carbocycles. The average Bonchev–Trinajstić information content (AvgIpc) is 2.60. The summed E-state index contributed by atoms with van der Waals surface area (Å²) >= 11 is 12.0. The Labute approximate surface area is 166 Å². The molecule has 144 valence electrons. The van der Waals surface area contributed by atoms with Crippen molar-refractivity contribution in [1.29, 1.82) is 0 Å². The second kappa shape index (κ2) is 7.46. The predicted octanol–water partition coefficient (Wildman–Crippen LogP) is 3.17. The first-order valence-electron chi connectivity index (χ1n) is 7.77. The maximum Gasteiger partial charge on any atom is 0.267 e. The van der Waals surface area contributed by atoms with Gasteiger partial charge in [-0.1, -0.05) is 23.2 Å². The molecule has 7 nitrogen and oxygen atoms in total. The van der Waals surface area contributed by atoms with Gasteiger partial charge < -0.3 is 14.8 Å². The minimum Gasteiger partial charge on any atom is -0.495 e. The zero-order valence-corrected chi connectivity index (χ0v) is 16.7. The highest BCUT2D eigenvalue weighted by molar-refractivity contribution is 7.92. The van der Waals surface area contributed by atoms with Gasteiger partial charge in [0, 0.05) is 10.7 Å². The molecule has 3 rings (SSSR count). The fraction of sp³-hybridized carbons (Fsp3) is 0.235. The zero-order valence-electron chi connectivity index (χ0n) is 14.4. The Bertz CT molecular complexity index is 997.